The zero-order valence-electron chi connectivity index (χ0n) is 15.0. The van der Waals surface area contributed by atoms with Crippen molar-refractivity contribution in [3.63, 3.8) is 0 Å². The molecular weight excluding hydrogens is 392 g/mol. The lowest BCUT2D eigenvalue weighted by Gasteiger charge is -2.10. The van der Waals surface area contributed by atoms with E-state index in [9.17, 15) is 18.8 Å². The number of hydrogen-bond donors (Lipinski definition) is 2. The summed E-state index contributed by atoms with van der Waals surface area (Å²) in [7, 11) is 0. The number of hydrogen-bond acceptors (Lipinski definition) is 4. The molecule has 144 valence electrons. The number of halogens is 2. The second-order valence-electron chi connectivity index (χ2n) is 5.80. The quantitative estimate of drug-likeness (QED) is 0.414. The molecule has 4 nitrogen and oxygen atoms in total. The van der Waals surface area contributed by atoms with Crippen LogP contribution >= 0.6 is 11.8 Å². The van der Waals surface area contributed by atoms with Crippen molar-refractivity contribution >= 4 is 29.0 Å². The van der Waals surface area contributed by atoms with E-state index < -0.39 is 17.5 Å². The predicted octanol–water partition coefficient (Wildman–Crippen LogP) is 5.57. The Morgan fingerprint density at radius 2 is 1.69 bits per heavy atom. The van der Waals surface area contributed by atoms with E-state index in [1.165, 1.54) is 11.8 Å². The summed E-state index contributed by atoms with van der Waals surface area (Å²) in [6.07, 6.45) is 1.04. The summed E-state index contributed by atoms with van der Waals surface area (Å²) < 4.78 is 26.9. The topological polar surface area (TPSA) is 64.9 Å². The van der Waals surface area contributed by atoms with Crippen LogP contribution < -0.4 is 10.6 Å². The minimum Gasteiger partial charge on any atom is -0.358 e. The maximum atomic E-state index is 13.7. The van der Waals surface area contributed by atoms with Crippen molar-refractivity contribution in [3.8, 4) is 6.07 Å². The SMILES string of the molecule is N#C/C(=C/Nc1cc(F)ccc1F)C(=O)Nc1ccccc1Sc1ccccc1. The Balaban J connectivity index is 1.76. The Bertz CT molecular complexity index is 1090. The number of nitriles is 1. The van der Waals surface area contributed by atoms with Gasteiger partial charge in [-0.2, -0.15) is 5.26 Å². The normalized spacial score (nSPS) is 10.9. The summed E-state index contributed by atoms with van der Waals surface area (Å²) in [6.45, 7) is 0. The molecule has 0 aliphatic carbocycles. The number of benzene rings is 3. The van der Waals surface area contributed by atoms with Crippen molar-refractivity contribution in [2.45, 2.75) is 9.79 Å². The molecule has 0 aliphatic rings. The van der Waals surface area contributed by atoms with Gasteiger partial charge in [-0.15, -0.1) is 0 Å². The minimum atomic E-state index is -0.704. The molecule has 3 aromatic rings. The summed E-state index contributed by atoms with van der Waals surface area (Å²) >= 11 is 1.47. The highest BCUT2D eigenvalue weighted by Gasteiger charge is 2.13. The van der Waals surface area contributed by atoms with Crippen molar-refractivity contribution in [3.05, 3.63) is 96.2 Å². The average Bonchev–Trinajstić information content (AvgIpc) is 2.73. The molecule has 0 radical (unpaired) electrons. The summed E-state index contributed by atoms with van der Waals surface area (Å²) in [4.78, 5) is 14.3. The summed E-state index contributed by atoms with van der Waals surface area (Å²) in [5.41, 5.74) is 0.0724. The zero-order chi connectivity index (χ0) is 20.6. The molecule has 0 saturated heterocycles. The van der Waals surface area contributed by atoms with E-state index >= 15 is 0 Å². The number of nitrogens with one attached hydrogen (secondary N) is 2. The van der Waals surface area contributed by atoms with E-state index in [0.717, 1.165) is 34.2 Å². The second kappa shape index (κ2) is 9.53. The van der Waals surface area contributed by atoms with E-state index in [1.807, 2.05) is 42.5 Å². The number of rotatable bonds is 6. The van der Waals surface area contributed by atoms with E-state index in [-0.39, 0.29) is 11.3 Å². The highest BCUT2D eigenvalue weighted by molar-refractivity contribution is 7.99. The van der Waals surface area contributed by atoms with Crippen molar-refractivity contribution in [2.24, 2.45) is 0 Å². The number of anilines is 2. The number of para-hydroxylation sites is 1. The van der Waals surface area contributed by atoms with Gasteiger partial charge in [0.05, 0.1) is 11.4 Å². The molecule has 1 amide bonds. The lowest BCUT2D eigenvalue weighted by atomic mass is 10.2. The largest absolute Gasteiger partial charge is 0.358 e. The number of carbonyl (C=O) groups is 1. The van der Waals surface area contributed by atoms with Crippen LogP contribution in [0.4, 0.5) is 20.2 Å². The maximum Gasteiger partial charge on any atom is 0.267 e. The number of nitrogens with zero attached hydrogens (tertiary/aromatic N) is 1. The van der Waals surface area contributed by atoms with Crippen LogP contribution in [0.2, 0.25) is 0 Å². The van der Waals surface area contributed by atoms with Gasteiger partial charge in [0.15, 0.2) is 0 Å². The van der Waals surface area contributed by atoms with Crippen molar-refractivity contribution in [1.29, 1.82) is 5.26 Å². The molecular formula is C22H15F2N3OS. The van der Waals surface area contributed by atoms with E-state index in [0.29, 0.717) is 5.69 Å². The van der Waals surface area contributed by atoms with Gasteiger partial charge in [-0.05, 0) is 36.4 Å². The molecule has 0 bridgehead atoms. The molecule has 2 N–H and O–H groups in total. The van der Waals surface area contributed by atoms with E-state index in [4.69, 9.17) is 0 Å². The lowest BCUT2D eigenvalue weighted by molar-refractivity contribution is -0.112. The fourth-order valence-corrected chi connectivity index (χ4v) is 3.29. The fraction of sp³-hybridized carbons (Fsp3) is 0. The summed E-state index contributed by atoms with van der Waals surface area (Å²) in [5.74, 6) is -2.01. The van der Waals surface area contributed by atoms with Crippen LogP contribution in [0.15, 0.2) is 94.4 Å². The number of carbonyl (C=O) groups excluding carboxylic acids is 1. The van der Waals surface area contributed by atoms with Gasteiger partial charge in [0.2, 0.25) is 0 Å². The van der Waals surface area contributed by atoms with Gasteiger partial charge >= 0.3 is 0 Å². The first-order valence-electron chi connectivity index (χ1n) is 8.52. The van der Waals surface area contributed by atoms with E-state index in [1.54, 1.807) is 18.2 Å². The predicted molar refractivity (Wildman–Crippen MR) is 109 cm³/mol. The van der Waals surface area contributed by atoms with Crippen LogP contribution in [0.1, 0.15) is 0 Å². The maximum absolute atomic E-state index is 13.7. The molecule has 3 aromatic carbocycles. The van der Waals surface area contributed by atoms with Crippen LogP contribution in [0.25, 0.3) is 0 Å². The van der Waals surface area contributed by atoms with Crippen LogP contribution in [0, 0.1) is 23.0 Å². The van der Waals surface area contributed by atoms with E-state index in [2.05, 4.69) is 10.6 Å². The summed E-state index contributed by atoms with van der Waals surface area (Å²) in [5, 5.41) is 14.4. The highest BCUT2D eigenvalue weighted by atomic mass is 32.2. The Labute approximate surface area is 170 Å². The minimum absolute atomic E-state index is 0.175. The lowest BCUT2D eigenvalue weighted by Crippen LogP contribution is -2.15. The molecule has 29 heavy (non-hydrogen) atoms. The Hall–Kier alpha value is -3.63. The molecule has 7 heteroatoms. The Kier molecular flexibility index (Phi) is 6.61. The molecule has 0 aliphatic heterocycles. The molecule has 0 fully saturated rings. The fourth-order valence-electron chi connectivity index (χ4n) is 2.37. The Morgan fingerprint density at radius 3 is 2.45 bits per heavy atom. The van der Waals surface area contributed by atoms with Gasteiger partial charge in [0.25, 0.3) is 5.91 Å². The average molecular weight is 407 g/mol. The first-order chi connectivity index (χ1) is 14.1. The van der Waals surface area contributed by atoms with Crippen molar-refractivity contribution < 1.29 is 13.6 Å². The molecule has 0 spiro atoms. The van der Waals surface area contributed by atoms with Crippen molar-refractivity contribution in [1.82, 2.24) is 0 Å². The molecule has 0 atom stereocenters. The first kappa shape index (κ1) is 20.1. The van der Waals surface area contributed by atoms with Crippen LogP contribution in [0.3, 0.4) is 0 Å². The smallest absolute Gasteiger partial charge is 0.267 e. The summed E-state index contributed by atoms with van der Waals surface area (Å²) in [6, 6.07) is 21.4. The third-order valence-electron chi connectivity index (χ3n) is 3.77. The van der Waals surface area contributed by atoms with Crippen LogP contribution in [-0.4, -0.2) is 5.91 Å². The monoisotopic (exact) mass is 407 g/mol. The van der Waals surface area contributed by atoms with Gasteiger partial charge < -0.3 is 10.6 Å². The third-order valence-corrected chi connectivity index (χ3v) is 4.86. The highest BCUT2D eigenvalue weighted by Crippen LogP contribution is 2.33. The third kappa shape index (κ3) is 5.43. The van der Waals surface area contributed by atoms with Crippen LogP contribution in [-0.2, 0) is 4.79 Å². The standard InChI is InChI=1S/C22H15F2N3OS/c23-16-10-11-18(24)20(12-16)26-14-15(13-25)22(28)27-19-8-4-5-9-21(19)29-17-6-2-1-3-7-17/h1-12,14,26H,(H,27,28)/b15-14-. The Morgan fingerprint density at radius 1 is 0.966 bits per heavy atom. The second-order valence-corrected chi connectivity index (χ2v) is 6.92. The van der Waals surface area contributed by atoms with Gasteiger partial charge in [-0.25, -0.2) is 8.78 Å². The van der Waals surface area contributed by atoms with Crippen molar-refractivity contribution in [2.75, 3.05) is 10.6 Å². The van der Waals surface area contributed by atoms with Gasteiger partial charge in [0.1, 0.15) is 23.3 Å². The zero-order valence-corrected chi connectivity index (χ0v) is 15.8. The number of amides is 1. The molecule has 0 heterocycles. The van der Waals surface area contributed by atoms with Gasteiger partial charge in [-0.1, -0.05) is 42.1 Å². The molecule has 3 rings (SSSR count). The first-order valence-corrected chi connectivity index (χ1v) is 9.33. The van der Waals surface area contributed by atoms with Crippen LogP contribution in [0.5, 0.6) is 0 Å². The molecule has 0 unspecified atom stereocenters. The molecule has 0 aromatic heterocycles. The van der Waals surface area contributed by atoms with Gasteiger partial charge in [-0.3, -0.25) is 4.79 Å². The molecule has 0 saturated carbocycles. The van der Waals surface area contributed by atoms with Gasteiger partial charge in [0, 0.05) is 22.1 Å².